The van der Waals surface area contributed by atoms with Crippen LogP contribution in [0.4, 0.5) is 0 Å². The van der Waals surface area contributed by atoms with Gasteiger partial charge in [0.1, 0.15) is 9.84 Å². The standard InChI is InChI=1S/C9H21NO3S/c1-3-5-14(12,13)6-4-9(2,7-10)8-11/h11H,3-8,10H2,1-2H3. The molecule has 0 saturated carbocycles. The van der Waals surface area contributed by atoms with Crippen LogP contribution in [0.2, 0.25) is 0 Å². The predicted octanol–water partition coefficient (Wildman–Crippen LogP) is 0.159. The summed E-state index contributed by atoms with van der Waals surface area (Å²) in [6, 6.07) is 0. The Morgan fingerprint density at radius 1 is 1.36 bits per heavy atom. The maximum absolute atomic E-state index is 11.4. The van der Waals surface area contributed by atoms with Gasteiger partial charge in [-0.3, -0.25) is 0 Å². The molecule has 0 aromatic heterocycles. The van der Waals surface area contributed by atoms with Crippen molar-refractivity contribution in [3.8, 4) is 0 Å². The molecule has 3 N–H and O–H groups in total. The zero-order valence-electron chi connectivity index (χ0n) is 8.99. The lowest BCUT2D eigenvalue weighted by Gasteiger charge is -2.24. The lowest BCUT2D eigenvalue weighted by atomic mass is 9.89. The van der Waals surface area contributed by atoms with Crippen molar-refractivity contribution >= 4 is 9.84 Å². The lowest BCUT2D eigenvalue weighted by Crippen LogP contribution is -2.33. The van der Waals surface area contributed by atoms with Gasteiger partial charge in [0.25, 0.3) is 0 Å². The van der Waals surface area contributed by atoms with E-state index in [1.54, 1.807) is 6.92 Å². The van der Waals surface area contributed by atoms with Crippen molar-refractivity contribution in [2.75, 3.05) is 24.7 Å². The fourth-order valence-corrected chi connectivity index (χ4v) is 2.69. The molecule has 0 saturated heterocycles. The fourth-order valence-electron chi connectivity index (χ4n) is 1.06. The Morgan fingerprint density at radius 2 is 1.93 bits per heavy atom. The predicted molar refractivity (Wildman–Crippen MR) is 57.8 cm³/mol. The Balaban J connectivity index is 4.16. The highest BCUT2D eigenvalue weighted by atomic mass is 32.2. The Hall–Kier alpha value is -0.130. The number of aliphatic hydroxyl groups is 1. The van der Waals surface area contributed by atoms with Gasteiger partial charge in [-0.1, -0.05) is 13.8 Å². The monoisotopic (exact) mass is 223 g/mol. The van der Waals surface area contributed by atoms with Gasteiger partial charge in [0.05, 0.1) is 5.75 Å². The van der Waals surface area contributed by atoms with E-state index >= 15 is 0 Å². The molecule has 0 aliphatic carbocycles. The molecular weight excluding hydrogens is 202 g/mol. The third-order valence-electron chi connectivity index (χ3n) is 2.41. The molecule has 0 aromatic carbocycles. The number of nitrogens with two attached hydrogens (primary N) is 1. The summed E-state index contributed by atoms with van der Waals surface area (Å²) < 4.78 is 22.8. The second-order valence-corrected chi connectivity index (χ2v) is 6.38. The third-order valence-corrected chi connectivity index (χ3v) is 4.26. The molecule has 0 heterocycles. The highest BCUT2D eigenvalue weighted by Crippen LogP contribution is 2.19. The molecule has 0 amide bonds. The van der Waals surface area contributed by atoms with Crippen molar-refractivity contribution < 1.29 is 13.5 Å². The quantitative estimate of drug-likeness (QED) is 0.644. The Morgan fingerprint density at radius 3 is 2.29 bits per heavy atom. The third kappa shape index (κ3) is 4.93. The van der Waals surface area contributed by atoms with Gasteiger partial charge < -0.3 is 10.8 Å². The molecule has 0 spiro atoms. The van der Waals surface area contributed by atoms with E-state index in [2.05, 4.69) is 0 Å². The van der Waals surface area contributed by atoms with Crippen LogP contribution in [0.5, 0.6) is 0 Å². The Labute approximate surface area is 86.4 Å². The minimum absolute atomic E-state index is 0.0643. The van der Waals surface area contributed by atoms with E-state index in [1.807, 2.05) is 6.92 Å². The molecule has 86 valence electrons. The van der Waals surface area contributed by atoms with Gasteiger partial charge in [0.2, 0.25) is 0 Å². The summed E-state index contributed by atoms with van der Waals surface area (Å²) in [5.41, 5.74) is 5.01. The molecule has 0 bridgehead atoms. The van der Waals surface area contributed by atoms with Crippen LogP contribution >= 0.6 is 0 Å². The Bertz CT molecular complexity index is 245. The van der Waals surface area contributed by atoms with Crippen LogP contribution in [0.3, 0.4) is 0 Å². The van der Waals surface area contributed by atoms with E-state index in [0.717, 1.165) is 0 Å². The van der Waals surface area contributed by atoms with Gasteiger partial charge in [-0.2, -0.15) is 0 Å². The van der Waals surface area contributed by atoms with Gasteiger partial charge >= 0.3 is 0 Å². The van der Waals surface area contributed by atoms with Crippen molar-refractivity contribution in [2.45, 2.75) is 26.7 Å². The highest BCUT2D eigenvalue weighted by Gasteiger charge is 2.24. The van der Waals surface area contributed by atoms with E-state index < -0.39 is 15.3 Å². The molecule has 4 nitrogen and oxygen atoms in total. The van der Waals surface area contributed by atoms with Gasteiger partial charge in [-0.25, -0.2) is 8.42 Å². The number of hydrogen-bond acceptors (Lipinski definition) is 4. The largest absolute Gasteiger partial charge is 0.396 e. The summed E-state index contributed by atoms with van der Waals surface area (Å²) in [6.07, 6.45) is 1.07. The molecule has 1 atom stereocenters. The summed E-state index contributed by atoms with van der Waals surface area (Å²) in [5, 5.41) is 9.04. The molecule has 0 fully saturated rings. The van der Waals surface area contributed by atoms with Gasteiger partial charge in [-0.15, -0.1) is 0 Å². The van der Waals surface area contributed by atoms with Crippen LogP contribution in [0.1, 0.15) is 26.7 Å². The first-order valence-corrected chi connectivity index (χ1v) is 6.72. The van der Waals surface area contributed by atoms with Crippen LogP contribution in [-0.2, 0) is 9.84 Å². The summed E-state index contributed by atoms with van der Waals surface area (Å²) in [4.78, 5) is 0. The van der Waals surface area contributed by atoms with Gasteiger partial charge in [0, 0.05) is 17.8 Å². The van der Waals surface area contributed by atoms with Crippen LogP contribution in [0.25, 0.3) is 0 Å². The Kier molecular flexibility index (Phi) is 5.63. The zero-order valence-corrected chi connectivity index (χ0v) is 9.81. The lowest BCUT2D eigenvalue weighted by molar-refractivity contribution is 0.146. The molecule has 0 aliphatic rings. The van der Waals surface area contributed by atoms with Crippen LogP contribution < -0.4 is 5.73 Å². The first-order chi connectivity index (χ1) is 6.39. The maximum atomic E-state index is 11.4. The average molecular weight is 223 g/mol. The maximum Gasteiger partial charge on any atom is 0.150 e. The van der Waals surface area contributed by atoms with Crippen molar-refractivity contribution in [2.24, 2.45) is 11.1 Å². The molecule has 0 radical (unpaired) electrons. The molecule has 14 heavy (non-hydrogen) atoms. The number of sulfone groups is 1. The van der Waals surface area contributed by atoms with E-state index in [4.69, 9.17) is 10.8 Å². The van der Waals surface area contributed by atoms with Gasteiger partial charge in [-0.05, 0) is 19.4 Å². The molecule has 5 heteroatoms. The summed E-state index contributed by atoms with van der Waals surface area (Å²) in [5.74, 6) is 0.341. The van der Waals surface area contributed by atoms with E-state index in [1.165, 1.54) is 0 Å². The summed E-state index contributed by atoms with van der Waals surface area (Å²) >= 11 is 0. The van der Waals surface area contributed by atoms with Crippen molar-refractivity contribution in [3.05, 3.63) is 0 Å². The average Bonchev–Trinajstić information content (AvgIpc) is 2.14. The van der Waals surface area contributed by atoms with E-state index in [9.17, 15) is 8.42 Å². The number of hydrogen-bond donors (Lipinski definition) is 2. The topological polar surface area (TPSA) is 80.4 Å². The molecule has 0 rings (SSSR count). The normalized spacial score (nSPS) is 16.6. The number of aliphatic hydroxyl groups excluding tert-OH is 1. The molecular formula is C9H21NO3S. The minimum Gasteiger partial charge on any atom is -0.396 e. The first-order valence-electron chi connectivity index (χ1n) is 4.90. The summed E-state index contributed by atoms with van der Waals surface area (Å²) in [6.45, 7) is 3.89. The minimum atomic E-state index is -2.95. The second kappa shape index (κ2) is 5.68. The van der Waals surface area contributed by atoms with E-state index in [-0.39, 0.29) is 18.1 Å². The molecule has 0 aromatic rings. The van der Waals surface area contributed by atoms with Crippen LogP contribution in [-0.4, -0.2) is 38.2 Å². The van der Waals surface area contributed by atoms with Crippen molar-refractivity contribution in [1.82, 2.24) is 0 Å². The molecule has 0 aliphatic heterocycles. The van der Waals surface area contributed by atoms with Crippen LogP contribution in [0.15, 0.2) is 0 Å². The molecule has 1 unspecified atom stereocenters. The first kappa shape index (κ1) is 13.9. The smallest absolute Gasteiger partial charge is 0.150 e. The van der Waals surface area contributed by atoms with Crippen molar-refractivity contribution in [1.29, 1.82) is 0 Å². The number of rotatable bonds is 7. The SMILES string of the molecule is CCCS(=O)(=O)CCC(C)(CN)CO. The van der Waals surface area contributed by atoms with Gasteiger partial charge in [0.15, 0.2) is 0 Å². The van der Waals surface area contributed by atoms with E-state index in [0.29, 0.717) is 19.4 Å². The van der Waals surface area contributed by atoms with Crippen molar-refractivity contribution in [3.63, 3.8) is 0 Å². The zero-order chi connectivity index (χ0) is 11.2. The second-order valence-electron chi connectivity index (χ2n) is 4.07. The summed E-state index contributed by atoms with van der Waals surface area (Å²) in [7, 11) is -2.95. The fraction of sp³-hybridized carbons (Fsp3) is 1.00. The van der Waals surface area contributed by atoms with Crippen LogP contribution in [0, 0.1) is 5.41 Å². The highest BCUT2D eigenvalue weighted by molar-refractivity contribution is 7.91.